The summed E-state index contributed by atoms with van der Waals surface area (Å²) in [5.41, 5.74) is -2.71. The van der Waals surface area contributed by atoms with Crippen molar-refractivity contribution in [1.82, 2.24) is 14.7 Å². The van der Waals surface area contributed by atoms with Crippen LogP contribution >= 0.6 is 24.8 Å². The molecule has 2 saturated heterocycles. The molecule has 46 heavy (non-hydrogen) atoms. The monoisotopic (exact) mass is 695 g/mol. The zero-order valence-electron chi connectivity index (χ0n) is 25.1. The molecule has 0 spiro atoms. The van der Waals surface area contributed by atoms with E-state index in [1.807, 2.05) is 42.5 Å². The summed E-state index contributed by atoms with van der Waals surface area (Å²) in [5.74, 6) is -0.845. The zero-order valence-corrected chi connectivity index (χ0v) is 26.8. The highest BCUT2D eigenvalue weighted by molar-refractivity contribution is 5.95. The van der Waals surface area contributed by atoms with Crippen LogP contribution in [0.4, 0.5) is 26.3 Å². The summed E-state index contributed by atoms with van der Waals surface area (Å²) >= 11 is 0. The van der Waals surface area contributed by atoms with Gasteiger partial charge < -0.3 is 14.4 Å². The second-order valence-electron chi connectivity index (χ2n) is 11.4. The third-order valence-corrected chi connectivity index (χ3v) is 8.26. The highest BCUT2D eigenvalue weighted by atomic mass is 35.5. The molecule has 5 rings (SSSR count). The quantitative estimate of drug-likeness (QED) is 0.254. The molecule has 6 nitrogen and oxygen atoms in total. The minimum absolute atomic E-state index is 0. The molecule has 3 aromatic rings. The van der Waals surface area contributed by atoms with E-state index < -0.39 is 41.0 Å². The summed E-state index contributed by atoms with van der Waals surface area (Å²) in [4.78, 5) is 19.6. The molecule has 0 bridgehead atoms. The minimum Gasteiger partial charge on any atom is -0.382 e. The summed E-state index contributed by atoms with van der Waals surface area (Å²) in [6.07, 6.45) is -9.70. The van der Waals surface area contributed by atoms with Gasteiger partial charge >= 0.3 is 12.4 Å². The van der Waals surface area contributed by atoms with E-state index >= 15 is 0 Å². The molecule has 3 aromatic carbocycles. The number of carbonyl (C=O) groups is 1. The van der Waals surface area contributed by atoms with Crippen LogP contribution in [0, 0.1) is 0 Å². The zero-order chi connectivity index (χ0) is 31.5. The maximum Gasteiger partial charge on any atom is 0.416 e. The van der Waals surface area contributed by atoms with Crippen LogP contribution in [0.3, 0.4) is 0 Å². The Bertz CT molecular complexity index is 1420. The molecular weight excluding hydrogens is 659 g/mol. The van der Waals surface area contributed by atoms with Gasteiger partial charge in [-0.05, 0) is 41.0 Å². The van der Waals surface area contributed by atoms with Crippen molar-refractivity contribution in [2.45, 2.75) is 30.9 Å². The van der Waals surface area contributed by atoms with Gasteiger partial charge in [0.2, 0.25) is 0 Å². The number of piperazine rings is 1. The number of morpholine rings is 1. The second-order valence-corrected chi connectivity index (χ2v) is 11.4. The van der Waals surface area contributed by atoms with Gasteiger partial charge in [0.05, 0.1) is 30.4 Å². The molecule has 254 valence electrons. The second kappa shape index (κ2) is 16.0. The highest BCUT2D eigenvalue weighted by Crippen LogP contribution is 2.37. The van der Waals surface area contributed by atoms with Gasteiger partial charge in [0.1, 0.15) is 0 Å². The Morgan fingerprint density at radius 1 is 0.826 bits per heavy atom. The summed E-state index contributed by atoms with van der Waals surface area (Å²) in [7, 11) is 1.63. The van der Waals surface area contributed by atoms with Crippen molar-refractivity contribution in [3.05, 3.63) is 82.9 Å². The smallest absolute Gasteiger partial charge is 0.382 e. The van der Waals surface area contributed by atoms with Crippen molar-refractivity contribution < 1.29 is 40.6 Å². The summed E-state index contributed by atoms with van der Waals surface area (Å²) in [6, 6.07) is 14.3. The van der Waals surface area contributed by atoms with E-state index in [1.54, 1.807) is 7.11 Å². The van der Waals surface area contributed by atoms with Crippen molar-refractivity contribution in [3.8, 4) is 0 Å². The number of fused-ring (bicyclic) bond motifs is 1. The number of methoxy groups -OCH3 is 1. The van der Waals surface area contributed by atoms with E-state index in [9.17, 15) is 31.1 Å². The number of ether oxygens (including phenoxy) is 2. The van der Waals surface area contributed by atoms with Crippen LogP contribution in [0.5, 0.6) is 0 Å². The first-order valence-electron chi connectivity index (χ1n) is 14.5. The average Bonchev–Trinajstić information content (AvgIpc) is 2.99. The van der Waals surface area contributed by atoms with Crippen molar-refractivity contribution in [1.29, 1.82) is 0 Å². The fourth-order valence-corrected chi connectivity index (χ4v) is 6.00. The number of hydrogen-bond donors (Lipinski definition) is 0. The van der Waals surface area contributed by atoms with Gasteiger partial charge in [0, 0.05) is 64.5 Å². The molecule has 2 heterocycles. The van der Waals surface area contributed by atoms with Gasteiger partial charge in [-0.3, -0.25) is 14.6 Å². The summed E-state index contributed by atoms with van der Waals surface area (Å²) in [5, 5.41) is 2.04. The van der Waals surface area contributed by atoms with Crippen LogP contribution in [-0.4, -0.2) is 98.9 Å². The number of hydrogen-bond acceptors (Lipinski definition) is 5. The van der Waals surface area contributed by atoms with Gasteiger partial charge in [-0.1, -0.05) is 42.5 Å². The van der Waals surface area contributed by atoms with Gasteiger partial charge in [-0.15, -0.1) is 24.8 Å². The van der Waals surface area contributed by atoms with Crippen molar-refractivity contribution in [2.75, 3.05) is 66.1 Å². The van der Waals surface area contributed by atoms with Crippen molar-refractivity contribution in [2.24, 2.45) is 0 Å². The average molecular weight is 697 g/mol. The Labute approximate surface area is 276 Å². The van der Waals surface area contributed by atoms with Gasteiger partial charge in [0.25, 0.3) is 5.91 Å². The van der Waals surface area contributed by atoms with Gasteiger partial charge in [-0.25, -0.2) is 0 Å². The Morgan fingerprint density at radius 2 is 1.46 bits per heavy atom. The Kier molecular flexibility index (Phi) is 13.2. The highest BCUT2D eigenvalue weighted by Gasteiger charge is 2.39. The Morgan fingerprint density at radius 3 is 2.09 bits per heavy atom. The number of halogens is 8. The van der Waals surface area contributed by atoms with E-state index in [0.717, 1.165) is 36.0 Å². The van der Waals surface area contributed by atoms with E-state index in [0.29, 0.717) is 51.4 Å². The third-order valence-electron chi connectivity index (χ3n) is 8.26. The molecule has 2 fully saturated rings. The molecular formula is C32H37Cl2F6N3O3. The molecule has 0 aliphatic carbocycles. The third kappa shape index (κ3) is 9.48. The van der Waals surface area contributed by atoms with E-state index in [1.165, 1.54) is 4.90 Å². The summed E-state index contributed by atoms with van der Waals surface area (Å²) < 4.78 is 92.4. The van der Waals surface area contributed by atoms with Crippen LogP contribution in [0.15, 0.2) is 60.7 Å². The molecule has 2 aliphatic rings. The number of alkyl halides is 6. The number of rotatable bonds is 8. The topological polar surface area (TPSA) is 45.2 Å². The fraction of sp³-hybridized carbons (Fsp3) is 0.469. The molecule has 0 N–H and O–H groups in total. The van der Waals surface area contributed by atoms with Crippen molar-refractivity contribution in [3.63, 3.8) is 0 Å². The predicted octanol–water partition coefficient (Wildman–Crippen LogP) is 6.44. The SMILES string of the molecule is COC[C@@H]1CN(CCN2CCN(C(=O)c3cc(C(F)(F)F)cc(C(F)(F)F)c3)[C@H](Cc3ccc4ccccc4c3)C2)CCO1.Cl.Cl. The lowest BCUT2D eigenvalue weighted by molar-refractivity contribution is -0.143. The molecule has 0 radical (unpaired) electrons. The largest absolute Gasteiger partial charge is 0.416 e. The first kappa shape index (κ1) is 37.8. The lowest BCUT2D eigenvalue weighted by atomic mass is 9.97. The predicted molar refractivity (Wildman–Crippen MR) is 168 cm³/mol. The van der Waals surface area contributed by atoms with Crippen LogP contribution in [0.2, 0.25) is 0 Å². The van der Waals surface area contributed by atoms with Crippen LogP contribution < -0.4 is 0 Å². The van der Waals surface area contributed by atoms with E-state index in [4.69, 9.17) is 9.47 Å². The van der Waals surface area contributed by atoms with Gasteiger partial charge in [-0.2, -0.15) is 26.3 Å². The molecule has 14 heteroatoms. The van der Waals surface area contributed by atoms with Crippen LogP contribution in [0.1, 0.15) is 27.0 Å². The molecule has 0 saturated carbocycles. The first-order chi connectivity index (χ1) is 20.9. The lowest BCUT2D eigenvalue weighted by Gasteiger charge is -2.43. The molecule has 2 atom stereocenters. The van der Waals surface area contributed by atoms with Crippen molar-refractivity contribution >= 4 is 41.5 Å². The fourth-order valence-electron chi connectivity index (χ4n) is 6.00. The molecule has 0 aromatic heterocycles. The maximum absolute atomic E-state index is 13.7. The number of amides is 1. The number of benzene rings is 3. The lowest BCUT2D eigenvalue weighted by Crippen LogP contribution is -2.57. The normalized spacial score (nSPS) is 19.8. The van der Waals surface area contributed by atoms with Crippen LogP contribution in [-0.2, 0) is 28.2 Å². The van der Waals surface area contributed by atoms with E-state index in [2.05, 4.69) is 9.80 Å². The molecule has 1 amide bonds. The Balaban J connectivity index is 0.00000288. The van der Waals surface area contributed by atoms with Gasteiger partial charge in [0.15, 0.2) is 0 Å². The number of carbonyl (C=O) groups excluding carboxylic acids is 1. The Hall–Kier alpha value is -2.61. The molecule has 2 aliphatic heterocycles. The van der Waals surface area contributed by atoms with Crippen LogP contribution in [0.25, 0.3) is 10.8 Å². The molecule has 0 unspecified atom stereocenters. The van der Waals surface area contributed by atoms with E-state index in [-0.39, 0.29) is 43.5 Å². The number of nitrogens with zero attached hydrogens (tertiary/aromatic N) is 3. The maximum atomic E-state index is 13.7. The standard InChI is InChI=1S/C32H35F6N3O3.2ClH/c1-43-21-29-20-40(12-13-44-29)9-8-39-10-11-41(28(19-39)15-22-6-7-23-4-2-3-5-24(23)14-22)30(42)25-16-26(31(33,34)35)18-27(17-25)32(36,37)38;;/h2-7,14,16-18,28-29H,8-13,15,19-21H2,1H3;2*1H/t28-,29+;;/m1../s1. The summed E-state index contributed by atoms with van der Waals surface area (Å²) in [6.45, 7) is 5.08. The minimum atomic E-state index is -5.04. The first-order valence-corrected chi connectivity index (χ1v) is 14.5.